The molecule has 178 valence electrons. The van der Waals surface area contributed by atoms with E-state index in [-0.39, 0.29) is 17.4 Å². The zero-order valence-corrected chi connectivity index (χ0v) is 20.1. The highest BCUT2D eigenvalue weighted by atomic mass is 16.5. The zero-order valence-electron chi connectivity index (χ0n) is 20.1. The molecule has 0 saturated heterocycles. The minimum Gasteiger partial charge on any atom is -0.393 e. The maximum Gasteiger partial charge on any atom is 0.154 e. The minimum absolute atomic E-state index is 0.0426. The fraction of sp³-hybridized carbons (Fsp3) is 0.926. The van der Waals surface area contributed by atoms with Crippen molar-refractivity contribution in [1.29, 1.82) is 0 Å². The Kier molecular flexibility index (Phi) is 6.69. The third kappa shape index (κ3) is 3.94. The van der Waals surface area contributed by atoms with Crippen molar-refractivity contribution < 1.29 is 20.4 Å². The number of aliphatic hydroxyl groups excluding tert-OH is 3. The largest absolute Gasteiger partial charge is 0.393 e. The van der Waals surface area contributed by atoms with Gasteiger partial charge in [-0.2, -0.15) is 0 Å². The van der Waals surface area contributed by atoms with E-state index in [0.29, 0.717) is 29.6 Å². The van der Waals surface area contributed by atoms with Crippen LogP contribution in [0.25, 0.3) is 0 Å². The lowest BCUT2D eigenvalue weighted by atomic mass is 9.46. The van der Waals surface area contributed by atoms with E-state index in [1.165, 1.54) is 37.7 Å². The van der Waals surface area contributed by atoms with E-state index in [4.69, 9.17) is 0 Å². The van der Waals surface area contributed by atoms with Crippen molar-refractivity contribution in [1.82, 2.24) is 0 Å². The van der Waals surface area contributed by atoms with E-state index in [2.05, 4.69) is 26.8 Å². The third-order valence-electron chi connectivity index (χ3n) is 10.8. The molecule has 3 saturated carbocycles. The van der Waals surface area contributed by atoms with Crippen LogP contribution in [0.2, 0.25) is 0 Å². The van der Waals surface area contributed by atoms with Crippen molar-refractivity contribution in [2.24, 2.45) is 46.3 Å². The third-order valence-corrected chi connectivity index (χ3v) is 10.8. The highest BCUT2D eigenvalue weighted by molar-refractivity contribution is 5.27. The van der Waals surface area contributed by atoms with Crippen LogP contribution in [0.5, 0.6) is 0 Å². The van der Waals surface area contributed by atoms with Gasteiger partial charge in [-0.3, -0.25) is 0 Å². The average Bonchev–Trinajstić information content (AvgIpc) is 3.06. The monoisotopic (exact) mass is 434 g/mol. The molecule has 4 heteroatoms. The van der Waals surface area contributed by atoms with E-state index in [1.807, 2.05) is 6.92 Å². The van der Waals surface area contributed by atoms with Gasteiger partial charge in [0.1, 0.15) is 0 Å². The van der Waals surface area contributed by atoms with Crippen molar-refractivity contribution in [3.8, 4) is 0 Å². The fourth-order valence-corrected chi connectivity index (χ4v) is 8.79. The molecule has 0 aromatic carbocycles. The van der Waals surface area contributed by atoms with Crippen LogP contribution in [0.15, 0.2) is 11.6 Å². The van der Waals surface area contributed by atoms with E-state index < -0.39 is 12.4 Å². The maximum absolute atomic E-state index is 11.1. The molecule has 0 bridgehead atoms. The summed E-state index contributed by atoms with van der Waals surface area (Å²) in [6.07, 6.45) is 11.0. The second-order valence-electron chi connectivity index (χ2n) is 12.3. The van der Waals surface area contributed by atoms with E-state index in [9.17, 15) is 20.4 Å². The lowest BCUT2D eigenvalue weighted by molar-refractivity contribution is -0.108. The molecular formula is C27H46O4. The quantitative estimate of drug-likeness (QED) is 0.362. The first-order valence-corrected chi connectivity index (χ1v) is 13.0. The first-order valence-electron chi connectivity index (χ1n) is 13.0. The van der Waals surface area contributed by atoms with Crippen LogP contribution < -0.4 is 0 Å². The SMILES string of the molecule is CC(CCC[C@@H](C)[C@H]1CC[C@H]2[C@@H]3CC=C4C[C@H](O)CC(O)[C@]4(C)[C@H]3CC[C@]12C)C(O)O. The Morgan fingerprint density at radius 2 is 1.77 bits per heavy atom. The number of fused-ring (bicyclic) bond motifs is 5. The van der Waals surface area contributed by atoms with Crippen LogP contribution in [-0.4, -0.2) is 38.9 Å². The zero-order chi connectivity index (χ0) is 22.6. The molecule has 0 heterocycles. The second-order valence-corrected chi connectivity index (χ2v) is 12.3. The second kappa shape index (κ2) is 8.74. The fourth-order valence-electron chi connectivity index (χ4n) is 8.79. The molecule has 3 fully saturated rings. The van der Waals surface area contributed by atoms with Crippen LogP contribution in [0.1, 0.15) is 91.9 Å². The Labute approximate surface area is 189 Å². The first kappa shape index (κ1) is 23.7. The minimum atomic E-state index is -1.19. The number of hydrogen-bond acceptors (Lipinski definition) is 4. The summed E-state index contributed by atoms with van der Waals surface area (Å²) in [5.41, 5.74) is 1.57. The molecule has 0 radical (unpaired) electrons. The van der Waals surface area contributed by atoms with Crippen molar-refractivity contribution in [2.45, 2.75) is 110 Å². The maximum atomic E-state index is 11.1. The Morgan fingerprint density at radius 1 is 1.03 bits per heavy atom. The summed E-state index contributed by atoms with van der Waals surface area (Å²) < 4.78 is 0. The van der Waals surface area contributed by atoms with Gasteiger partial charge in [0.2, 0.25) is 0 Å². The van der Waals surface area contributed by atoms with Crippen molar-refractivity contribution in [3.05, 3.63) is 11.6 Å². The Hall–Kier alpha value is -0.420. The normalized spacial score (nSPS) is 46.7. The van der Waals surface area contributed by atoms with Crippen LogP contribution >= 0.6 is 0 Å². The van der Waals surface area contributed by atoms with Gasteiger partial charge in [-0.15, -0.1) is 0 Å². The van der Waals surface area contributed by atoms with Crippen LogP contribution in [0.3, 0.4) is 0 Å². The van der Waals surface area contributed by atoms with Gasteiger partial charge in [0.15, 0.2) is 6.29 Å². The molecule has 10 atom stereocenters. The lowest BCUT2D eigenvalue weighted by Crippen LogP contribution is -2.55. The molecule has 0 spiro atoms. The number of hydrogen-bond donors (Lipinski definition) is 4. The van der Waals surface area contributed by atoms with Gasteiger partial charge in [-0.25, -0.2) is 0 Å². The molecule has 0 aromatic rings. The lowest BCUT2D eigenvalue weighted by Gasteiger charge is -2.59. The Balaban J connectivity index is 1.46. The molecule has 0 amide bonds. The number of aliphatic hydroxyl groups is 4. The van der Waals surface area contributed by atoms with Gasteiger partial charge < -0.3 is 20.4 Å². The summed E-state index contributed by atoms with van der Waals surface area (Å²) in [4.78, 5) is 0. The predicted molar refractivity (Wildman–Crippen MR) is 123 cm³/mol. The Morgan fingerprint density at radius 3 is 2.48 bits per heavy atom. The first-order chi connectivity index (χ1) is 14.6. The highest BCUT2D eigenvalue weighted by Crippen LogP contribution is 2.67. The van der Waals surface area contributed by atoms with Gasteiger partial charge in [-0.1, -0.05) is 52.2 Å². The van der Waals surface area contributed by atoms with Crippen LogP contribution in [0.4, 0.5) is 0 Å². The standard InChI is InChI=1S/C27H46O4/c1-16(6-5-7-17(2)25(30)31)21-10-11-22-20-9-8-18-14-19(28)15-24(29)27(18,4)23(20)12-13-26(21,22)3/h8,16-17,19-25,28-31H,5-7,9-15H2,1-4H3/t16-,17?,19+,20+,21-,22+,23+,24?,26-,27+/m1/s1. The summed E-state index contributed by atoms with van der Waals surface area (Å²) in [6.45, 7) is 9.20. The molecule has 4 aliphatic carbocycles. The van der Waals surface area contributed by atoms with Crippen LogP contribution in [-0.2, 0) is 0 Å². The highest BCUT2D eigenvalue weighted by Gasteiger charge is 2.60. The summed E-state index contributed by atoms with van der Waals surface area (Å²) in [5, 5.41) is 40.0. The molecule has 2 unspecified atom stereocenters. The van der Waals surface area contributed by atoms with E-state index in [0.717, 1.165) is 37.5 Å². The Bertz CT molecular complexity index is 674. The van der Waals surface area contributed by atoms with Crippen molar-refractivity contribution in [2.75, 3.05) is 0 Å². The van der Waals surface area contributed by atoms with Gasteiger partial charge in [0.25, 0.3) is 0 Å². The van der Waals surface area contributed by atoms with Gasteiger partial charge >= 0.3 is 0 Å². The molecule has 0 aromatic heterocycles. The summed E-state index contributed by atoms with van der Waals surface area (Å²) >= 11 is 0. The van der Waals surface area contributed by atoms with Gasteiger partial charge in [0.05, 0.1) is 12.2 Å². The molecule has 4 N–H and O–H groups in total. The molecule has 31 heavy (non-hydrogen) atoms. The summed E-state index contributed by atoms with van der Waals surface area (Å²) in [6, 6.07) is 0. The smallest absolute Gasteiger partial charge is 0.154 e. The van der Waals surface area contributed by atoms with E-state index >= 15 is 0 Å². The molecule has 4 nitrogen and oxygen atoms in total. The van der Waals surface area contributed by atoms with Gasteiger partial charge in [-0.05, 0) is 80.0 Å². The average molecular weight is 435 g/mol. The molecule has 4 aliphatic rings. The number of rotatable bonds is 6. The van der Waals surface area contributed by atoms with Crippen LogP contribution in [0, 0.1) is 46.3 Å². The summed E-state index contributed by atoms with van der Waals surface area (Å²) in [5.74, 6) is 3.34. The molecule has 4 rings (SSSR count). The summed E-state index contributed by atoms with van der Waals surface area (Å²) in [7, 11) is 0. The van der Waals surface area contributed by atoms with Crippen molar-refractivity contribution in [3.63, 3.8) is 0 Å². The molecular weight excluding hydrogens is 388 g/mol. The van der Waals surface area contributed by atoms with Crippen molar-refractivity contribution >= 4 is 0 Å². The number of allylic oxidation sites excluding steroid dienone is 1. The van der Waals surface area contributed by atoms with Gasteiger partial charge in [0, 0.05) is 17.8 Å². The topological polar surface area (TPSA) is 80.9 Å². The predicted octanol–water partition coefficient (Wildman–Crippen LogP) is 4.65. The molecule has 0 aliphatic heterocycles. The van der Waals surface area contributed by atoms with E-state index in [1.54, 1.807) is 0 Å².